The van der Waals surface area contributed by atoms with E-state index >= 15 is 0 Å². The first-order valence-electron chi connectivity index (χ1n) is 6.34. The van der Waals surface area contributed by atoms with Gasteiger partial charge in [0.25, 0.3) is 0 Å². The van der Waals surface area contributed by atoms with Gasteiger partial charge in [-0.25, -0.2) is 0 Å². The minimum Gasteiger partial charge on any atom is -0.454 e. The summed E-state index contributed by atoms with van der Waals surface area (Å²) >= 11 is 0. The van der Waals surface area contributed by atoms with Crippen LogP contribution in [-0.2, 0) is 0 Å². The van der Waals surface area contributed by atoms with E-state index in [1.54, 1.807) is 17.1 Å². The van der Waals surface area contributed by atoms with Gasteiger partial charge in [-0.15, -0.1) is 5.10 Å². The molecule has 7 heteroatoms. The second kappa shape index (κ2) is 4.48. The van der Waals surface area contributed by atoms with Gasteiger partial charge in [-0.1, -0.05) is 5.21 Å². The van der Waals surface area contributed by atoms with Gasteiger partial charge in [-0.3, -0.25) is 4.98 Å². The fourth-order valence-electron chi connectivity index (χ4n) is 2.21. The van der Waals surface area contributed by atoms with Crippen LogP contribution in [0.4, 0.5) is 5.82 Å². The topological polar surface area (TPSA) is 88.1 Å². The van der Waals surface area contributed by atoms with Crippen molar-refractivity contribution in [2.24, 2.45) is 0 Å². The minimum atomic E-state index is 0.230. The van der Waals surface area contributed by atoms with Crippen LogP contribution in [0.1, 0.15) is 0 Å². The Hall–Kier alpha value is -3.09. The summed E-state index contributed by atoms with van der Waals surface area (Å²) in [7, 11) is 0. The number of rotatable bonds is 2. The molecule has 0 saturated heterocycles. The van der Waals surface area contributed by atoms with E-state index in [0.717, 1.165) is 11.3 Å². The first-order valence-corrected chi connectivity index (χ1v) is 6.34. The van der Waals surface area contributed by atoms with Crippen LogP contribution in [0.5, 0.6) is 11.5 Å². The summed E-state index contributed by atoms with van der Waals surface area (Å²) in [5.74, 6) is 1.85. The predicted molar refractivity (Wildman–Crippen MR) is 75.1 cm³/mol. The average Bonchev–Trinajstić information content (AvgIpc) is 3.13. The summed E-state index contributed by atoms with van der Waals surface area (Å²) in [6.45, 7) is 0.230. The van der Waals surface area contributed by atoms with Crippen molar-refractivity contribution < 1.29 is 9.47 Å². The van der Waals surface area contributed by atoms with Crippen molar-refractivity contribution in [3.63, 3.8) is 0 Å². The highest BCUT2D eigenvalue weighted by Crippen LogP contribution is 2.34. The van der Waals surface area contributed by atoms with Crippen LogP contribution < -0.4 is 15.2 Å². The Kier molecular flexibility index (Phi) is 2.50. The van der Waals surface area contributed by atoms with Crippen molar-refractivity contribution in [3.05, 3.63) is 42.7 Å². The molecule has 2 aromatic heterocycles. The molecule has 1 aromatic carbocycles. The van der Waals surface area contributed by atoms with Gasteiger partial charge in [-0.05, 0) is 24.3 Å². The largest absolute Gasteiger partial charge is 0.454 e. The molecule has 3 heterocycles. The third-order valence-corrected chi connectivity index (χ3v) is 3.26. The van der Waals surface area contributed by atoms with E-state index in [4.69, 9.17) is 15.2 Å². The predicted octanol–water partition coefficient (Wildman–Crippen LogP) is 1.64. The lowest BCUT2D eigenvalue weighted by molar-refractivity contribution is 0.174. The Balaban J connectivity index is 1.79. The Bertz CT molecular complexity index is 800. The normalized spacial score (nSPS) is 12.6. The molecule has 0 unspecified atom stereocenters. The second-order valence-corrected chi connectivity index (χ2v) is 4.51. The molecule has 3 aromatic rings. The molecule has 2 N–H and O–H groups in total. The number of ether oxygens (including phenoxy) is 2. The molecule has 0 saturated carbocycles. The molecule has 21 heavy (non-hydrogen) atoms. The van der Waals surface area contributed by atoms with Crippen molar-refractivity contribution >= 4 is 5.82 Å². The third-order valence-electron chi connectivity index (χ3n) is 3.26. The van der Waals surface area contributed by atoms with Crippen LogP contribution in [0.15, 0.2) is 42.7 Å². The number of hydrogen-bond acceptors (Lipinski definition) is 6. The van der Waals surface area contributed by atoms with Gasteiger partial charge < -0.3 is 15.2 Å². The number of nitrogen functional groups attached to an aromatic ring is 1. The zero-order chi connectivity index (χ0) is 14.2. The first kappa shape index (κ1) is 11.7. The number of fused-ring (bicyclic) bond motifs is 1. The monoisotopic (exact) mass is 281 g/mol. The maximum Gasteiger partial charge on any atom is 0.231 e. The van der Waals surface area contributed by atoms with Crippen LogP contribution in [0.2, 0.25) is 0 Å². The maximum atomic E-state index is 6.16. The van der Waals surface area contributed by atoms with Gasteiger partial charge in [0.1, 0.15) is 5.69 Å². The number of anilines is 1. The van der Waals surface area contributed by atoms with Gasteiger partial charge in [0.15, 0.2) is 17.3 Å². The third kappa shape index (κ3) is 1.86. The van der Waals surface area contributed by atoms with Gasteiger partial charge in [0, 0.05) is 24.0 Å². The number of nitrogens with two attached hydrogens (primary N) is 1. The Labute approximate surface area is 119 Å². The number of pyridine rings is 1. The quantitative estimate of drug-likeness (QED) is 0.768. The minimum absolute atomic E-state index is 0.230. The smallest absolute Gasteiger partial charge is 0.231 e. The van der Waals surface area contributed by atoms with Gasteiger partial charge in [0.2, 0.25) is 6.79 Å². The van der Waals surface area contributed by atoms with Crippen molar-refractivity contribution in [1.82, 2.24) is 20.0 Å². The lowest BCUT2D eigenvalue weighted by Gasteiger charge is -2.04. The standard InChI is InChI=1S/C14H11N5O2/c15-14-13(9-3-5-16-6-4-9)17-18-19(14)10-1-2-11-12(7-10)21-8-20-11/h1-7H,8,15H2. The summed E-state index contributed by atoms with van der Waals surface area (Å²) in [5.41, 5.74) is 8.42. The summed E-state index contributed by atoms with van der Waals surface area (Å²) in [5, 5.41) is 8.26. The Morgan fingerprint density at radius 1 is 1.05 bits per heavy atom. The highest BCUT2D eigenvalue weighted by molar-refractivity contribution is 5.70. The summed E-state index contributed by atoms with van der Waals surface area (Å²) in [6.07, 6.45) is 3.38. The van der Waals surface area contributed by atoms with Gasteiger partial charge in [-0.2, -0.15) is 4.68 Å². The molecule has 0 atom stereocenters. The first-order chi connectivity index (χ1) is 10.3. The number of nitrogens with zero attached hydrogens (tertiary/aromatic N) is 4. The van der Waals surface area contributed by atoms with Gasteiger partial charge in [0.05, 0.1) is 5.69 Å². The molecule has 1 aliphatic rings. The molecule has 4 rings (SSSR count). The van der Waals surface area contributed by atoms with Crippen LogP contribution in [0, 0.1) is 0 Å². The molecule has 0 amide bonds. The Morgan fingerprint density at radius 2 is 1.86 bits per heavy atom. The Morgan fingerprint density at radius 3 is 2.71 bits per heavy atom. The summed E-state index contributed by atoms with van der Waals surface area (Å²) in [4.78, 5) is 3.98. The van der Waals surface area contributed by atoms with Crippen LogP contribution in [-0.4, -0.2) is 26.8 Å². The van der Waals surface area contributed by atoms with Crippen molar-refractivity contribution in [2.45, 2.75) is 0 Å². The van der Waals surface area contributed by atoms with Crippen LogP contribution in [0.25, 0.3) is 16.9 Å². The van der Waals surface area contributed by atoms with Crippen molar-refractivity contribution in [1.29, 1.82) is 0 Å². The highest BCUT2D eigenvalue weighted by atomic mass is 16.7. The highest BCUT2D eigenvalue weighted by Gasteiger charge is 2.17. The molecule has 0 radical (unpaired) electrons. The average molecular weight is 281 g/mol. The van der Waals surface area contributed by atoms with E-state index in [0.29, 0.717) is 23.0 Å². The number of benzene rings is 1. The molecule has 0 spiro atoms. The SMILES string of the molecule is Nc1c(-c2ccncc2)nnn1-c1ccc2c(c1)OCO2. The summed E-state index contributed by atoms with van der Waals surface area (Å²) in [6, 6.07) is 9.18. The van der Waals surface area contributed by atoms with Crippen LogP contribution in [0.3, 0.4) is 0 Å². The second-order valence-electron chi connectivity index (χ2n) is 4.51. The molecule has 0 aliphatic carbocycles. The molecule has 0 fully saturated rings. The van der Waals surface area contributed by atoms with E-state index in [2.05, 4.69) is 15.3 Å². The molecule has 0 bridgehead atoms. The van der Waals surface area contributed by atoms with E-state index < -0.39 is 0 Å². The van der Waals surface area contributed by atoms with E-state index in [1.165, 1.54) is 0 Å². The molecule has 1 aliphatic heterocycles. The lowest BCUT2D eigenvalue weighted by Crippen LogP contribution is -2.02. The molecule has 7 nitrogen and oxygen atoms in total. The van der Waals surface area contributed by atoms with Gasteiger partial charge >= 0.3 is 0 Å². The fourth-order valence-corrected chi connectivity index (χ4v) is 2.21. The zero-order valence-corrected chi connectivity index (χ0v) is 10.9. The van der Waals surface area contributed by atoms with E-state index in [-0.39, 0.29) is 6.79 Å². The van der Waals surface area contributed by atoms with E-state index in [9.17, 15) is 0 Å². The van der Waals surface area contributed by atoms with Crippen LogP contribution >= 0.6 is 0 Å². The lowest BCUT2D eigenvalue weighted by atomic mass is 10.2. The van der Waals surface area contributed by atoms with Crippen molar-refractivity contribution in [2.75, 3.05) is 12.5 Å². The summed E-state index contributed by atoms with van der Waals surface area (Å²) < 4.78 is 12.2. The zero-order valence-electron chi connectivity index (χ0n) is 10.9. The molecular weight excluding hydrogens is 270 g/mol. The maximum absolute atomic E-state index is 6.16. The fraction of sp³-hybridized carbons (Fsp3) is 0.0714. The van der Waals surface area contributed by atoms with E-state index in [1.807, 2.05) is 30.3 Å². The molecule has 104 valence electrons. The number of hydrogen-bond donors (Lipinski definition) is 1. The molecular formula is C14H11N5O2. The van der Waals surface area contributed by atoms with Crippen molar-refractivity contribution in [3.8, 4) is 28.4 Å². The number of aromatic nitrogens is 4.